The van der Waals surface area contributed by atoms with Crippen molar-refractivity contribution in [3.8, 4) is 0 Å². The van der Waals surface area contributed by atoms with Gasteiger partial charge in [-0.05, 0) is 39.7 Å². The van der Waals surface area contributed by atoms with Gasteiger partial charge in [-0.25, -0.2) is 14.8 Å². The van der Waals surface area contributed by atoms with Crippen molar-refractivity contribution in [1.29, 1.82) is 0 Å². The Bertz CT molecular complexity index is 443. The Hall–Kier alpha value is -1.85. The van der Waals surface area contributed by atoms with Crippen molar-refractivity contribution in [3.63, 3.8) is 0 Å². The predicted octanol–water partition coefficient (Wildman–Crippen LogP) is 1.89. The molecule has 0 radical (unpaired) electrons. The number of piperidine rings is 1. The van der Waals surface area contributed by atoms with Crippen LogP contribution in [0, 0.1) is 0 Å². The molecule has 0 atom stereocenters. The molecule has 1 aromatic rings. The van der Waals surface area contributed by atoms with E-state index in [0.717, 1.165) is 38.4 Å². The van der Waals surface area contributed by atoms with Crippen LogP contribution in [-0.2, 0) is 0 Å². The smallest absolute Gasteiger partial charge is 0.317 e. The molecule has 1 saturated heterocycles. The zero-order valence-electron chi connectivity index (χ0n) is 13.1. The molecule has 116 valence electrons. The fourth-order valence-corrected chi connectivity index (χ4v) is 2.68. The van der Waals surface area contributed by atoms with Gasteiger partial charge in [-0.3, -0.25) is 0 Å². The number of carbonyl (C=O) groups is 1. The molecule has 6 nitrogen and oxygen atoms in total. The van der Waals surface area contributed by atoms with E-state index >= 15 is 0 Å². The van der Waals surface area contributed by atoms with E-state index in [2.05, 4.69) is 20.2 Å². The summed E-state index contributed by atoms with van der Waals surface area (Å²) >= 11 is 0. The molecule has 0 aromatic carbocycles. The van der Waals surface area contributed by atoms with Gasteiger partial charge in [-0.1, -0.05) is 0 Å². The Balaban J connectivity index is 1.83. The molecular formula is C15H25N5O. The fourth-order valence-electron chi connectivity index (χ4n) is 2.68. The first-order chi connectivity index (χ1) is 10.1. The van der Waals surface area contributed by atoms with Gasteiger partial charge in [-0.2, -0.15) is 0 Å². The van der Waals surface area contributed by atoms with Gasteiger partial charge in [0.1, 0.15) is 0 Å². The van der Waals surface area contributed by atoms with Crippen LogP contribution < -0.4 is 10.2 Å². The normalized spacial score (nSPS) is 16.1. The summed E-state index contributed by atoms with van der Waals surface area (Å²) in [4.78, 5) is 24.8. The second-order valence-corrected chi connectivity index (χ2v) is 5.64. The number of aromatic nitrogens is 2. The van der Waals surface area contributed by atoms with Crippen LogP contribution in [0.3, 0.4) is 0 Å². The number of urea groups is 1. The van der Waals surface area contributed by atoms with Gasteiger partial charge in [0.25, 0.3) is 0 Å². The first kappa shape index (κ1) is 15.5. The maximum atomic E-state index is 12.2. The van der Waals surface area contributed by atoms with Crippen LogP contribution in [0.1, 0.15) is 33.6 Å². The predicted molar refractivity (Wildman–Crippen MR) is 83.3 cm³/mol. The van der Waals surface area contributed by atoms with Gasteiger partial charge >= 0.3 is 6.03 Å². The highest BCUT2D eigenvalue weighted by atomic mass is 16.2. The van der Waals surface area contributed by atoms with Crippen molar-refractivity contribution in [2.75, 3.05) is 24.5 Å². The summed E-state index contributed by atoms with van der Waals surface area (Å²) < 4.78 is 0. The van der Waals surface area contributed by atoms with Gasteiger partial charge in [0.15, 0.2) is 0 Å². The van der Waals surface area contributed by atoms with Crippen LogP contribution in [0.5, 0.6) is 0 Å². The zero-order valence-corrected chi connectivity index (χ0v) is 13.1. The second kappa shape index (κ2) is 7.24. The summed E-state index contributed by atoms with van der Waals surface area (Å²) in [7, 11) is 0. The summed E-state index contributed by atoms with van der Waals surface area (Å²) in [5.74, 6) is 0.777. The number of hydrogen-bond donors (Lipinski definition) is 1. The number of nitrogens with zero attached hydrogens (tertiary/aromatic N) is 4. The number of carbonyl (C=O) groups excluding carboxylic acids is 1. The minimum Gasteiger partial charge on any atom is -0.341 e. The molecule has 1 fully saturated rings. The monoisotopic (exact) mass is 291 g/mol. The van der Waals surface area contributed by atoms with Gasteiger partial charge in [0.2, 0.25) is 5.95 Å². The van der Waals surface area contributed by atoms with Crippen LogP contribution in [-0.4, -0.2) is 52.6 Å². The molecule has 1 aliphatic heterocycles. The Kier molecular flexibility index (Phi) is 5.36. The molecule has 1 aromatic heterocycles. The van der Waals surface area contributed by atoms with Crippen molar-refractivity contribution in [2.45, 2.75) is 45.7 Å². The Morgan fingerprint density at radius 1 is 1.38 bits per heavy atom. The van der Waals surface area contributed by atoms with E-state index in [1.807, 2.05) is 31.7 Å². The summed E-state index contributed by atoms with van der Waals surface area (Å²) in [6.07, 6.45) is 5.38. The first-order valence-electron chi connectivity index (χ1n) is 7.71. The largest absolute Gasteiger partial charge is 0.341 e. The highest BCUT2D eigenvalue weighted by molar-refractivity contribution is 5.74. The minimum atomic E-state index is 0.0434. The van der Waals surface area contributed by atoms with E-state index in [4.69, 9.17) is 0 Å². The topological polar surface area (TPSA) is 61.4 Å². The molecule has 0 aliphatic carbocycles. The molecule has 6 heteroatoms. The molecule has 0 saturated carbocycles. The molecule has 2 rings (SSSR count). The first-order valence-corrected chi connectivity index (χ1v) is 7.71. The van der Waals surface area contributed by atoms with Crippen molar-refractivity contribution >= 4 is 12.0 Å². The van der Waals surface area contributed by atoms with E-state index in [-0.39, 0.29) is 18.1 Å². The quantitative estimate of drug-likeness (QED) is 0.920. The van der Waals surface area contributed by atoms with Crippen LogP contribution in [0.15, 0.2) is 18.5 Å². The maximum Gasteiger partial charge on any atom is 0.317 e. The van der Waals surface area contributed by atoms with E-state index in [1.54, 1.807) is 12.4 Å². The van der Waals surface area contributed by atoms with E-state index in [0.29, 0.717) is 0 Å². The fraction of sp³-hybridized carbons (Fsp3) is 0.667. The Morgan fingerprint density at radius 3 is 2.52 bits per heavy atom. The summed E-state index contributed by atoms with van der Waals surface area (Å²) in [5, 5.41) is 3.14. The molecule has 1 N–H and O–H groups in total. The third kappa shape index (κ3) is 4.06. The number of anilines is 1. The molecule has 2 heterocycles. The average molecular weight is 291 g/mol. The number of amides is 2. The van der Waals surface area contributed by atoms with Crippen LogP contribution in [0.2, 0.25) is 0 Å². The van der Waals surface area contributed by atoms with E-state index in [9.17, 15) is 4.79 Å². The SMILES string of the molecule is CCN(C(=O)NC1CCN(c2ncccn2)CC1)C(C)C. The van der Waals surface area contributed by atoms with E-state index in [1.165, 1.54) is 0 Å². The molecule has 21 heavy (non-hydrogen) atoms. The molecule has 0 spiro atoms. The molecule has 0 unspecified atom stereocenters. The lowest BCUT2D eigenvalue weighted by Crippen LogP contribution is -2.51. The molecule has 2 amide bonds. The lowest BCUT2D eigenvalue weighted by atomic mass is 10.1. The minimum absolute atomic E-state index is 0.0434. The van der Waals surface area contributed by atoms with Gasteiger partial charge in [-0.15, -0.1) is 0 Å². The highest BCUT2D eigenvalue weighted by Gasteiger charge is 2.24. The molecular weight excluding hydrogens is 266 g/mol. The summed E-state index contributed by atoms with van der Waals surface area (Å²) in [6.45, 7) is 8.58. The summed E-state index contributed by atoms with van der Waals surface area (Å²) in [5.41, 5.74) is 0. The number of hydrogen-bond acceptors (Lipinski definition) is 4. The third-order valence-electron chi connectivity index (χ3n) is 3.88. The Morgan fingerprint density at radius 2 is 2.00 bits per heavy atom. The van der Waals surface area contributed by atoms with Crippen LogP contribution in [0.4, 0.5) is 10.7 Å². The van der Waals surface area contributed by atoms with Gasteiger partial charge < -0.3 is 15.1 Å². The lowest BCUT2D eigenvalue weighted by molar-refractivity contribution is 0.180. The van der Waals surface area contributed by atoms with Crippen molar-refractivity contribution in [2.24, 2.45) is 0 Å². The maximum absolute atomic E-state index is 12.2. The van der Waals surface area contributed by atoms with Crippen molar-refractivity contribution < 1.29 is 4.79 Å². The second-order valence-electron chi connectivity index (χ2n) is 5.64. The third-order valence-corrected chi connectivity index (χ3v) is 3.88. The summed E-state index contributed by atoms with van der Waals surface area (Å²) in [6, 6.07) is 2.34. The average Bonchev–Trinajstić information content (AvgIpc) is 2.49. The van der Waals surface area contributed by atoms with Crippen LogP contribution in [0.25, 0.3) is 0 Å². The standard InChI is InChI=1S/C15H25N5O/c1-4-20(12(2)3)15(21)18-13-6-10-19(11-7-13)14-16-8-5-9-17-14/h5,8-9,12-13H,4,6-7,10-11H2,1-3H3,(H,18,21). The molecule has 1 aliphatic rings. The van der Waals surface area contributed by atoms with Gasteiger partial charge in [0.05, 0.1) is 0 Å². The lowest BCUT2D eigenvalue weighted by Gasteiger charge is -2.34. The molecule has 0 bridgehead atoms. The van der Waals surface area contributed by atoms with Gasteiger partial charge in [0, 0.05) is 44.1 Å². The number of rotatable bonds is 4. The van der Waals surface area contributed by atoms with Crippen LogP contribution >= 0.6 is 0 Å². The highest BCUT2D eigenvalue weighted by Crippen LogP contribution is 2.15. The zero-order chi connectivity index (χ0) is 15.2. The van der Waals surface area contributed by atoms with Crippen molar-refractivity contribution in [3.05, 3.63) is 18.5 Å². The van der Waals surface area contributed by atoms with Crippen molar-refractivity contribution in [1.82, 2.24) is 20.2 Å². The number of nitrogens with one attached hydrogen (secondary N) is 1. The van der Waals surface area contributed by atoms with E-state index < -0.39 is 0 Å². The Labute approximate surface area is 126 Å².